The molecule has 3 rings (SSSR count). The Morgan fingerprint density at radius 2 is 1.95 bits per heavy atom. The fraction of sp³-hybridized carbons (Fsp3) is 0.333. The molecular formula is C18H19BrClN. The Morgan fingerprint density at radius 3 is 2.67 bits per heavy atom. The molecule has 0 amide bonds. The van der Waals surface area contributed by atoms with Crippen molar-refractivity contribution in [2.45, 2.75) is 31.2 Å². The van der Waals surface area contributed by atoms with Crippen LogP contribution in [0.4, 0.5) is 0 Å². The monoisotopic (exact) mass is 363 g/mol. The fourth-order valence-electron chi connectivity index (χ4n) is 2.64. The van der Waals surface area contributed by atoms with Crippen LogP contribution in [0.3, 0.4) is 0 Å². The van der Waals surface area contributed by atoms with Crippen molar-refractivity contribution >= 4 is 27.5 Å². The van der Waals surface area contributed by atoms with Crippen LogP contribution < -0.4 is 5.32 Å². The average Bonchev–Trinajstić information content (AvgIpc) is 3.28. The van der Waals surface area contributed by atoms with Crippen LogP contribution in [-0.2, 0) is 6.42 Å². The van der Waals surface area contributed by atoms with E-state index >= 15 is 0 Å². The first kappa shape index (κ1) is 15.1. The van der Waals surface area contributed by atoms with Crippen molar-refractivity contribution in [2.24, 2.45) is 0 Å². The van der Waals surface area contributed by atoms with Crippen LogP contribution in [0.15, 0.2) is 53.0 Å². The Morgan fingerprint density at radius 1 is 1.14 bits per heavy atom. The van der Waals surface area contributed by atoms with Gasteiger partial charge in [-0.3, -0.25) is 0 Å². The molecule has 0 spiro atoms. The molecule has 1 saturated carbocycles. The molecule has 1 aliphatic rings. The standard InChI is InChI=1S/C18H19BrClN/c19-15-5-3-4-13(11-15)10-14(12-21-16-8-9-16)17-6-1-2-7-18(17)20/h1-7,11,14,16,21H,8-10,12H2. The van der Waals surface area contributed by atoms with Crippen molar-refractivity contribution < 1.29 is 0 Å². The molecule has 1 unspecified atom stereocenters. The van der Waals surface area contributed by atoms with Crippen molar-refractivity contribution in [1.82, 2.24) is 5.32 Å². The van der Waals surface area contributed by atoms with Crippen molar-refractivity contribution in [3.63, 3.8) is 0 Å². The van der Waals surface area contributed by atoms with E-state index in [4.69, 9.17) is 11.6 Å². The van der Waals surface area contributed by atoms with Gasteiger partial charge in [-0.05, 0) is 48.6 Å². The van der Waals surface area contributed by atoms with E-state index in [0.717, 1.165) is 28.5 Å². The molecule has 1 nitrogen and oxygen atoms in total. The molecule has 2 aromatic rings. The maximum atomic E-state index is 6.41. The number of rotatable bonds is 6. The number of benzene rings is 2. The second-order valence-corrected chi connectivity index (χ2v) is 7.06. The average molecular weight is 365 g/mol. The second kappa shape index (κ2) is 6.95. The number of nitrogens with one attached hydrogen (secondary N) is 1. The first-order chi connectivity index (χ1) is 10.2. The summed E-state index contributed by atoms with van der Waals surface area (Å²) in [7, 11) is 0. The van der Waals surface area contributed by atoms with Crippen molar-refractivity contribution in [2.75, 3.05) is 6.54 Å². The zero-order chi connectivity index (χ0) is 14.7. The first-order valence-electron chi connectivity index (χ1n) is 7.44. The Labute approximate surface area is 139 Å². The van der Waals surface area contributed by atoms with Crippen LogP contribution in [0, 0.1) is 0 Å². The molecule has 0 radical (unpaired) electrons. The Balaban J connectivity index is 1.79. The maximum absolute atomic E-state index is 6.41. The third-order valence-corrected chi connectivity index (χ3v) is 4.78. The summed E-state index contributed by atoms with van der Waals surface area (Å²) >= 11 is 9.96. The lowest BCUT2D eigenvalue weighted by atomic mass is 9.91. The molecule has 3 heteroatoms. The van der Waals surface area contributed by atoms with Gasteiger partial charge in [-0.25, -0.2) is 0 Å². The Bertz CT molecular complexity index is 610. The van der Waals surface area contributed by atoms with Gasteiger partial charge in [0.1, 0.15) is 0 Å². The Hall–Kier alpha value is -0.830. The third kappa shape index (κ3) is 4.32. The molecule has 1 fully saturated rings. The molecule has 21 heavy (non-hydrogen) atoms. The fourth-order valence-corrected chi connectivity index (χ4v) is 3.38. The minimum atomic E-state index is 0.411. The lowest BCUT2D eigenvalue weighted by molar-refractivity contribution is 0.577. The molecule has 2 aromatic carbocycles. The summed E-state index contributed by atoms with van der Waals surface area (Å²) in [5.74, 6) is 0.411. The first-order valence-corrected chi connectivity index (χ1v) is 8.62. The van der Waals surface area contributed by atoms with Gasteiger partial charge >= 0.3 is 0 Å². The molecule has 0 aliphatic heterocycles. The molecule has 0 heterocycles. The maximum Gasteiger partial charge on any atom is 0.0441 e. The van der Waals surface area contributed by atoms with Crippen LogP contribution in [0.5, 0.6) is 0 Å². The van der Waals surface area contributed by atoms with Gasteiger partial charge in [0.25, 0.3) is 0 Å². The van der Waals surface area contributed by atoms with Crippen LogP contribution >= 0.6 is 27.5 Å². The topological polar surface area (TPSA) is 12.0 Å². The van der Waals surface area contributed by atoms with E-state index in [1.165, 1.54) is 24.0 Å². The summed E-state index contributed by atoms with van der Waals surface area (Å²) in [4.78, 5) is 0. The Kier molecular flexibility index (Phi) is 4.99. The summed E-state index contributed by atoms with van der Waals surface area (Å²) in [6, 6.07) is 17.5. The van der Waals surface area contributed by atoms with Crippen molar-refractivity contribution in [1.29, 1.82) is 0 Å². The molecule has 0 saturated heterocycles. The highest BCUT2D eigenvalue weighted by Crippen LogP contribution is 2.29. The summed E-state index contributed by atoms with van der Waals surface area (Å²) in [5.41, 5.74) is 2.58. The van der Waals surface area contributed by atoms with E-state index in [1.54, 1.807) is 0 Å². The van der Waals surface area contributed by atoms with E-state index in [-0.39, 0.29) is 0 Å². The number of hydrogen-bond donors (Lipinski definition) is 1. The van der Waals surface area contributed by atoms with Gasteiger partial charge in [0.05, 0.1) is 0 Å². The van der Waals surface area contributed by atoms with Gasteiger partial charge in [-0.1, -0.05) is 57.9 Å². The van der Waals surface area contributed by atoms with Crippen molar-refractivity contribution in [3.05, 3.63) is 69.2 Å². The lowest BCUT2D eigenvalue weighted by Gasteiger charge is -2.20. The van der Waals surface area contributed by atoms with Gasteiger partial charge < -0.3 is 5.32 Å². The molecule has 110 valence electrons. The zero-order valence-corrected chi connectivity index (χ0v) is 14.2. The number of hydrogen-bond acceptors (Lipinski definition) is 1. The molecule has 1 atom stereocenters. The highest BCUT2D eigenvalue weighted by molar-refractivity contribution is 9.10. The highest BCUT2D eigenvalue weighted by Gasteiger charge is 2.23. The molecule has 1 aliphatic carbocycles. The van der Waals surface area contributed by atoms with E-state index in [1.807, 2.05) is 12.1 Å². The van der Waals surface area contributed by atoms with Crippen LogP contribution in [0.25, 0.3) is 0 Å². The summed E-state index contributed by atoms with van der Waals surface area (Å²) < 4.78 is 1.13. The van der Waals surface area contributed by atoms with E-state index in [0.29, 0.717) is 5.92 Å². The van der Waals surface area contributed by atoms with Crippen molar-refractivity contribution in [3.8, 4) is 0 Å². The van der Waals surface area contributed by atoms with E-state index < -0.39 is 0 Å². The predicted octanol–water partition coefficient (Wildman–Crippen LogP) is 5.18. The molecule has 0 aromatic heterocycles. The van der Waals surface area contributed by atoms with Crippen LogP contribution in [0.2, 0.25) is 5.02 Å². The van der Waals surface area contributed by atoms with Crippen LogP contribution in [-0.4, -0.2) is 12.6 Å². The minimum Gasteiger partial charge on any atom is -0.313 e. The van der Waals surface area contributed by atoms with Gasteiger partial charge in [-0.15, -0.1) is 0 Å². The highest BCUT2D eigenvalue weighted by atomic mass is 79.9. The van der Waals surface area contributed by atoms with Gasteiger partial charge in [0.2, 0.25) is 0 Å². The summed E-state index contributed by atoms with van der Waals surface area (Å²) in [6.07, 6.45) is 3.63. The smallest absolute Gasteiger partial charge is 0.0441 e. The van der Waals surface area contributed by atoms with E-state index in [9.17, 15) is 0 Å². The summed E-state index contributed by atoms with van der Waals surface area (Å²) in [5, 5.41) is 4.52. The quantitative estimate of drug-likeness (QED) is 0.744. The SMILES string of the molecule is Clc1ccccc1C(CNC1CC1)Cc1cccc(Br)c1. The summed E-state index contributed by atoms with van der Waals surface area (Å²) in [6.45, 7) is 0.987. The number of halogens is 2. The lowest BCUT2D eigenvalue weighted by Crippen LogP contribution is -2.25. The zero-order valence-electron chi connectivity index (χ0n) is 11.9. The van der Waals surface area contributed by atoms with Gasteiger partial charge in [0, 0.05) is 28.0 Å². The van der Waals surface area contributed by atoms with Gasteiger partial charge in [-0.2, -0.15) is 0 Å². The minimum absolute atomic E-state index is 0.411. The normalized spacial score (nSPS) is 15.9. The van der Waals surface area contributed by atoms with Gasteiger partial charge in [0.15, 0.2) is 0 Å². The predicted molar refractivity (Wildman–Crippen MR) is 93.1 cm³/mol. The largest absolute Gasteiger partial charge is 0.313 e. The third-order valence-electron chi connectivity index (χ3n) is 3.95. The molecule has 0 bridgehead atoms. The molecular weight excluding hydrogens is 346 g/mol. The van der Waals surface area contributed by atoms with E-state index in [2.05, 4.69) is 57.6 Å². The molecule has 1 N–H and O–H groups in total. The second-order valence-electron chi connectivity index (χ2n) is 5.74. The van der Waals surface area contributed by atoms with Crippen LogP contribution in [0.1, 0.15) is 29.9 Å².